The molecule has 0 amide bonds. The number of nitrogens with two attached hydrogens (primary N) is 1. The summed E-state index contributed by atoms with van der Waals surface area (Å²) in [6.45, 7) is 3.00. The fourth-order valence-electron chi connectivity index (χ4n) is 2.19. The fraction of sp³-hybridized carbons (Fsp3) is 0.357. The first-order valence-electron chi connectivity index (χ1n) is 6.38. The molecule has 2 N–H and O–H groups in total. The van der Waals surface area contributed by atoms with E-state index in [9.17, 15) is 13.2 Å². The summed E-state index contributed by atoms with van der Waals surface area (Å²) in [4.78, 5) is 0. The first kappa shape index (κ1) is 15.9. The summed E-state index contributed by atoms with van der Waals surface area (Å²) in [6.07, 6.45) is -4.40. The van der Waals surface area contributed by atoms with Gasteiger partial charge in [-0.05, 0) is 18.1 Å². The standard InChI is InChI=1S/C14H15BrF3N3/c1-8(2)13(14(16,17)18)21-12(19)7-11(20-21)9-3-5-10(15)6-4-9/h3-8,13H,19H2,1-2H3. The molecule has 0 aliphatic carbocycles. The minimum absolute atomic E-state index is 0.00365. The maximum Gasteiger partial charge on any atom is 0.411 e. The molecule has 2 rings (SSSR count). The van der Waals surface area contributed by atoms with Gasteiger partial charge in [0.25, 0.3) is 0 Å². The van der Waals surface area contributed by atoms with Gasteiger partial charge >= 0.3 is 6.18 Å². The molecule has 3 nitrogen and oxygen atoms in total. The van der Waals surface area contributed by atoms with Crippen LogP contribution in [0.25, 0.3) is 11.3 Å². The lowest BCUT2D eigenvalue weighted by atomic mass is 10.0. The quantitative estimate of drug-likeness (QED) is 0.864. The number of halogens is 4. The van der Waals surface area contributed by atoms with Crippen LogP contribution in [0.5, 0.6) is 0 Å². The van der Waals surface area contributed by atoms with Crippen LogP contribution in [-0.2, 0) is 0 Å². The van der Waals surface area contributed by atoms with Gasteiger partial charge in [0, 0.05) is 16.1 Å². The second-order valence-electron chi connectivity index (χ2n) is 5.14. The topological polar surface area (TPSA) is 43.8 Å². The Morgan fingerprint density at radius 3 is 2.24 bits per heavy atom. The highest BCUT2D eigenvalue weighted by Crippen LogP contribution is 2.38. The van der Waals surface area contributed by atoms with Gasteiger partial charge in [-0.1, -0.05) is 41.9 Å². The molecule has 7 heteroatoms. The first-order valence-corrected chi connectivity index (χ1v) is 7.17. The van der Waals surface area contributed by atoms with Gasteiger partial charge < -0.3 is 5.73 Å². The Labute approximate surface area is 129 Å². The molecule has 2 aromatic rings. The van der Waals surface area contributed by atoms with E-state index in [0.717, 1.165) is 9.15 Å². The van der Waals surface area contributed by atoms with E-state index in [2.05, 4.69) is 21.0 Å². The number of hydrogen-bond acceptors (Lipinski definition) is 2. The fourth-order valence-corrected chi connectivity index (χ4v) is 2.46. The number of anilines is 1. The van der Waals surface area contributed by atoms with Gasteiger partial charge in [-0.25, -0.2) is 4.68 Å². The minimum Gasteiger partial charge on any atom is -0.384 e. The molecule has 0 saturated heterocycles. The summed E-state index contributed by atoms with van der Waals surface area (Å²) in [5, 5.41) is 4.05. The molecule has 0 radical (unpaired) electrons. The Balaban J connectivity index is 2.45. The van der Waals surface area contributed by atoms with Crippen molar-refractivity contribution in [1.82, 2.24) is 9.78 Å². The summed E-state index contributed by atoms with van der Waals surface area (Å²) >= 11 is 3.31. The van der Waals surface area contributed by atoms with Crippen molar-refractivity contribution in [2.75, 3.05) is 5.73 Å². The van der Waals surface area contributed by atoms with Crippen molar-refractivity contribution in [2.24, 2.45) is 5.92 Å². The highest BCUT2D eigenvalue weighted by atomic mass is 79.9. The van der Waals surface area contributed by atoms with Crippen LogP contribution < -0.4 is 5.73 Å². The van der Waals surface area contributed by atoms with Gasteiger partial charge in [0.05, 0.1) is 5.69 Å². The van der Waals surface area contributed by atoms with Crippen molar-refractivity contribution < 1.29 is 13.2 Å². The third kappa shape index (κ3) is 3.40. The number of aromatic nitrogens is 2. The smallest absolute Gasteiger partial charge is 0.384 e. The van der Waals surface area contributed by atoms with Gasteiger partial charge in [0.15, 0.2) is 6.04 Å². The lowest BCUT2D eigenvalue weighted by molar-refractivity contribution is -0.180. The lowest BCUT2D eigenvalue weighted by Crippen LogP contribution is -2.32. The van der Waals surface area contributed by atoms with Crippen molar-refractivity contribution >= 4 is 21.7 Å². The SMILES string of the molecule is CC(C)C(n1nc(-c2ccc(Br)cc2)cc1N)C(F)(F)F. The summed E-state index contributed by atoms with van der Waals surface area (Å²) in [5.74, 6) is -0.658. The molecule has 0 fully saturated rings. The second kappa shape index (κ2) is 5.71. The van der Waals surface area contributed by atoms with Crippen LogP contribution in [0.1, 0.15) is 19.9 Å². The third-order valence-corrected chi connectivity index (χ3v) is 3.66. The van der Waals surface area contributed by atoms with E-state index in [1.165, 1.54) is 19.9 Å². The van der Waals surface area contributed by atoms with Crippen molar-refractivity contribution in [3.05, 3.63) is 34.8 Å². The highest BCUT2D eigenvalue weighted by molar-refractivity contribution is 9.10. The molecular weight excluding hydrogens is 347 g/mol. The zero-order valence-electron chi connectivity index (χ0n) is 11.5. The maximum absolute atomic E-state index is 13.2. The first-order chi connectivity index (χ1) is 9.70. The van der Waals surface area contributed by atoms with E-state index in [1.54, 1.807) is 24.3 Å². The van der Waals surface area contributed by atoms with Crippen molar-refractivity contribution in [3.8, 4) is 11.3 Å². The molecule has 21 heavy (non-hydrogen) atoms. The van der Waals surface area contributed by atoms with Crippen LogP contribution in [0, 0.1) is 5.92 Å². The van der Waals surface area contributed by atoms with Gasteiger partial charge in [-0.15, -0.1) is 0 Å². The van der Waals surface area contributed by atoms with Crippen molar-refractivity contribution in [3.63, 3.8) is 0 Å². The third-order valence-electron chi connectivity index (χ3n) is 3.13. The number of alkyl halides is 3. The zero-order chi connectivity index (χ0) is 15.8. The molecule has 1 unspecified atom stereocenters. The van der Waals surface area contributed by atoms with Gasteiger partial charge in [0.2, 0.25) is 0 Å². The number of benzene rings is 1. The lowest BCUT2D eigenvalue weighted by Gasteiger charge is -2.25. The molecular formula is C14H15BrF3N3. The van der Waals surface area contributed by atoms with E-state index < -0.39 is 18.1 Å². The largest absolute Gasteiger partial charge is 0.411 e. The van der Waals surface area contributed by atoms with Crippen LogP contribution in [0.2, 0.25) is 0 Å². The van der Waals surface area contributed by atoms with Crippen LogP contribution in [0.3, 0.4) is 0 Å². The molecule has 0 bridgehead atoms. The Bertz CT molecular complexity index is 617. The summed E-state index contributed by atoms with van der Waals surface area (Å²) in [7, 11) is 0. The summed E-state index contributed by atoms with van der Waals surface area (Å²) in [5.41, 5.74) is 6.88. The predicted octanol–water partition coefficient (Wildman–Crippen LogP) is 4.65. The molecule has 0 aliphatic rings. The van der Waals surface area contributed by atoms with Crippen LogP contribution >= 0.6 is 15.9 Å². The normalized spacial score (nSPS) is 13.7. The van der Waals surface area contributed by atoms with E-state index >= 15 is 0 Å². The van der Waals surface area contributed by atoms with E-state index in [1.807, 2.05) is 0 Å². The van der Waals surface area contributed by atoms with E-state index in [4.69, 9.17) is 5.73 Å². The Kier molecular flexibility index (Phi) is 4.32. The average molecular weight is 362 g/mol. The van der Waals surface area contributed by atoms with Crippen LogP contribution in [0.15, 0.2) is 34.8 Å². The maximum atomic E-state index is 13.2. The highest BCUT2D eigenvalue weighted by Gasteiger charge is 2.44. The monoisotopic (exact) mass is 361 g/mol. The predicted molar refractivity (Wildman–Crippen MR) is 79.7 cm³/mol. The number of rotatable bonds is 3. The average Bonchev–Trinajstić information content (AvgIpc) is 2.70. The molecule has 1 aromatic carbocycles. The Morgan fingerprint density at radius 1 is 1.19 bits per heavy atom. The number of hydrogen-bond donors (Lipinski definition) is 1. The van der Waals surface area contributed by atoms with Crippen LogP contribution in [-0.4, -0.2) is 16.0 Å². The molecule has 0 spiro atoms. The van der Waals surface area contributed by atoms with E-state index in [-0.39, 0.29) is 5.82 Å². The summed E-state index contributed by atoms with van der Waals surface area (Å²) in [6, 6.07) is 6.87. The minimum atomic E-state index is -4.40. The Morgan fingerprint density at radius 2 is 1.76 bits per heavy atom. The molecule has 1 atom stereocenters. The zero-order valence-corrected chi connectivity index (χ0v) is 13.1. The summed E-state index contributed by atoms with van der Waals surface area (Å²) < 4.78 is 41.3. The van der Waals surface area contributed by atoms with Crippen LogP contribution in [0.4, 0.5) is 19.0 Å². The van der Waals surface area contributed by atoms with Gasteiger partial charge in [0.1, 0.15) is 5.82 Å². The molecule has 114 valence electrons. The number of nitrogen functional groups attached to an aromatic ring is 1. The van der Waals surface area contributed by atoms with Crippen molar-refractivity contribution in [2.45, 2.75) is 26.1 Å². The van der Waals surface area contributed by atoms with Gasteiger partial charge in [-0.2, -0.15) is 18.3 Å². The molecule has 1 aromatic heterocycles. The molecule has 0 aliphatic heterocycles. The number of nitrogens with zero attached hydrogens (tertiary/aromatic N) is 2. The molecule has 1 heterocycles. The molecule has 0 saturated carbocycles. The second-order valence-corrected chi connectivity index (χ2v) is 6.05. The Hall–Kier alpha value is -1.50. The van der Waals surface area contributed by atoms with Crippen molar-refractivity contribution in [1.29, 1.82) is 0 Å². The van der Waals surface area contributed by atoms with E-state index in [0.29, 0.717) is 11.3 Å². The van der Waals surface area contributed by atoms with Gasteiger partial charge in [-0.3, -0.25) is 0 Å².